The van der Waals surface area contributed by atoms with Crippen LogP contribution in [0.4, 0.5) is 5.69 Å². The van der Waals surface area contributed by atoms with Crippen molar-refractivity contribution in [2.45, 2.75) is 13.8 Å². The quantitative estimate of drug-likeness (QED) is 0.231. The lowest BCUT2D eigenvalue weighted by molar-refractivity contribution is -0.385. The van der Waals surface area contributed by atoms with Gasteiger partial charge < -0.3 is 4.74 Å². The summed E-state index contributed by atoms with van der Waals surface area (Å²) in [7, 11) is 0. The van der Waals surface area contributed by atoms with Crippen LogP contribution in [0.1, 0.15) is 16.0 Å². The number of aromatic nitrogens is 2. The minimum Gasteiger partial charge on any atom is -0.449 e. The summed E-state index contributed by atoms with van der Waals surface area (Å²) < 4.78 is 6.73. The average Bonchev–Trinajstić information content (AvgIpc) is 3.04. The largest absolute Gasteiger partial charge is 0.449 e. The highest BCUT2D eigenvalue weighted by Crippen LogP contribution is 2.35. The van der Waals surface area contributed by atoms with E-state index in [1.807, 2.05) is 13.8 Å². The first-order chi connectivity index (χ1) is 14.8. The molecular weight excluding hydrogens is 440 g/mol. The van der Waals surface area contributed by atoms with Gasteiger partial charge in [0.05, 0.1) is 21.5 Å². The van der Waals surface area contributed by atoms with E-state index in [9.17, 15) is 14.9 Å². The molecule has 0 amide bonds. The van der Waals surface area contributed by atoms with Crippen LogP contribution in [0, 0.1) is 24.0 Å². The average molecular weight is 455 g/mol. The van der Waals surface area contributed by atoms with Crippen LogP contribution in [-0.2, 0) is 0 Å². The van der Waals surface area contributed by atoms with Gasteiger partial charge in [-0.1, -0.05) is 23.7 Å². The second kappa shape index (κ2) is 8.29. The van der Waals surface area contributed by atoms with Gasteiger partial charge in [-0.2, -0.15) is 9.78 Å². The lowest BCUT2D eigenvalue weighted by atomic mass is 10.2. The molecular formula is C21H15ClN4O4S. The highest BCUT2D eigenvalue weighted by molar-refractivity contribution is 7.18. The van der Waals surface area contributed by atoms with Crippen molar-refractivity contribution in [2.75, 3.05) is 0 Å². The highest BCUT2D eigenvalue weighted by Gasteiger charge is 2.18. The molecule has 10 heteroatoms. The van der Waals surface area contributed by atoms with Crippen LogP contribution in [0.15, 0.2) is 58.7 Å². The number of nitro benzene ring substituents is 1. The van der Waals surface area contributed by atoms with Crippen molar-refractivity contribution in [2.24, 2.45) is 5.10 Å². The maximum absolute atomic E-state index is 12.7. The zero-order valence-electron chi connectivity index (χ0n) is 16.4. The van der Waals surface area contributed by atoms with Gasteiger partial charge in [-0.05, 0) is 43.7 Å². The SMILES string of the molecule is Cc1sc2ncn(/N=C/c3ccc(Oc4ccccc4Cl)c([N+](=O)[O-])c3)c(=O)c2c1C. The van der Waals surface area contributed by atoms with Gasteiger partial charge in [0.1, 0.15) is 16.9 Å². The van der Waals surface area contributed by atoms with Gasteiger partial charge in [0.2, 0.25) is 5.75 Å². The molecule has 156 valence electrons. The van der Waals surface area contributed by atoms with Crippen LogP contribution in [0.3, 0.4) is 0 Å². The number of ether oxygens (including phenoxy) is 1. The van der Waals surface area contributed by atoms with Gasteiger partial charge in [0, 0.05) is 16.5 Å². The van der Waals surface area contributed by atoms with E-state index in [1.54, 1.807) is 30.3 Å². The van der Waals surface area contributed by atoms with Crippen LogP contribution in [0.2, 0.25) is 5.02 Å². The van der Waals surface area contributed by atoms with Crippen LogP contribution in [0.25, 0.3) is 10.2 Å². The van der Waals surface area contributed by atoms with E-state index in [2.05, 4.69) is 10.1 Å². The molecule has 0 radical (unpaired) electrons. The summed E-state index contributed by atoms with van der Waals surface area (Å²) in [5.41, 5.74) is 0.743. The molecule has 0 aliphatic carbocycles. The Balaban J connectivity index is 1.68. The summed E-state index contributed by atoms with van der Waals surface area (Å²) in [6, 6.07) is 11.1. The summed E-state index contributed by atoms with van der Waals surface area (Å²) >= 11 is 7.52. The van der Waals surface area contributed by atoms with Crippen molar-refractivity contribution in [3.63, 3.8) is 0 Å². The lowest BCUT2D eigenvalue weighted by Gasteiger charge is -2.08. The van der Waals surface area contributed by atoms with Crippen molar-refractivity contribution < 1.29 is 9.66 Å². The topological polar surface area (TPSA) is 99.6 Å². The summed E-state index contributed by atoms with van der Waals surface area (Å²) in [6.07, 6.45) is 2.69. The second-order valence-electron chi connectivity index (χ2n) is 6.62. The third-order valence-corrected chi connectivity index (χ3v) is 6.07. The summed E-state index contributed by atoms with van der Waals surface area (Å²) in [4.78, 5) is 29.7. The smallest absolute Gasteiger partial charge is 0.312 e. The fourth-order valence-corrected chi connectivity index (χ4v) is 4.09. The zero-order valence-corrected chi connectivity index (χ0v) is 18.0. The number of nitro groups is 1. The number of nitrogens with zero attached hydrogens (tertiary/aromatic N) is 4. The molecule has 0 N–H and O–H groups in total. The second-order valence-corrected chi connectivity index (χ2v) is 8.23. The Morgan fingerprint density at radius 2 is 2.00 bits per heavy atom. The summed E-state index contributed by atoms with van der Waals surface area (Å²) in [6.45, 7) is 3.80. The van der Waals surface area contributed by atoms with E-state index in [4.69, 9.17) is 16.3 Å². The molecule has 0 fully saturated rings. The number of thiophene rings is 1. The molecule has 0 saturated carbocycles. The van der Waals surface area contributed by atoms with Crippen molar-refractivity contribution in [3.8, 4) is 11.5 Å². The highest BCUT2D eigenvalue weighted by atomic mass is 35.5. The van der Waals surface area contributed by atoms with E-state index in [-0.39, 0.29) is 17.0 Å². The Morgan fingerprint density at radius 1 is 1.23 bits per heavy atom. The predicted octanol–water partition coefficient (Wildman–Crippen LogP) is 5.31. The Hall–Kier alpha value is -3.56. The molecule has 0 saturated heterocycles. The first-order valence-corrected chi connectivity index (χ1v) is 10.3. The molecule has 0 aliphatic heterocycles. The minimum atomic E-state index is -0.555. The molecule has 2 aromatic carbocycles. The predicted molar refractivity (Wildman–Crippen MR) is 121 cm³/mol. The molecule has 0 bridgehead atoms. The maximum Gasteiger partial charge on any atom is 0.312 e. The summed E-state index contributed by atoms with van der Waals surface area (Å²) in [5.74, 6) is 0.348. The van der Waals surface area contributed by atoms with Crippen molar-refractivity contribution in [3.05, 3.63) is 90.3 Å². The Morgan fingerprint density at radius 3 is 2.74 bits per heavy atom. The molecule has 0 spiro atoms. The number of para-hydroxylation sites is 1. The molecule has 31 heavy (non-hydrogen) atoms. The van der Waals surface area contributed by atoms with E-state index in [1.165, 1.54) is 36.0 Å². The number of fused-ring (bicyclic) bond motifs is 1. The normalized spacial score (nSPS) is 11.3. The Bertz CT molecular complexity index is 1410. The molecule has 4 aromatic rings. The Labute approximate surface area is 185 Å². The monoisotopic (exact) mass is 454 g/mol. The van der Waals surface area contributed by atoms with Gasteiger partial charge in [-0.15, -0.1) is 11.3 Å². The number of benzene rings is 2. The van der Waals surface area contributed by atoms with Gasteiger partial charge >= 0.3 is 5.69 Å². The van der Waals surface area contributed by atoms with E-state index < -0.39 is 4.92 Å². The van der Waals surface area contributed by atoms with Crippen LogP contribution >= 0.6 is 22.9 Å². The van der Waals surface area contributed by atoms with E-state index in [0.29, 0.717) is 26.6 Å². The standard InChI is InChI=1S/C21H15ClN4O4S/c1-12-13(2)31-20-19(12)21(27)25(11-23-20)24-10-14-7-8-18(16(9-14)26(28)29)30-17-6-4-3-5-15(17)22/h3-11H,1-2H3/b24-10+. The summed E-state index contributed by atoms with van der Waals surface area (Å²) in [5, 5.41) is 16.6. The number of hydrogen-bond acceptors (Lipinski definition) is 7. The molecule has 0 aliphatic rings. The van der Waals surface area contributed by atoms with Crippen molar-refractivity contribution >= 4 is 45.1 Å². The molecule has 0 unspecified atom stereocenters. The van der Waals surface area contributed by atoms with Gasteiger partial charge in [-0.25, -0.2) is 4.98 Å². The fraction of sp³-hybridized carbons (Fsp3) is 0.0952. The molecule has 4 rings (SSSR count). The first kappa shape index (κ1) is 20.7. The van der Waals surface area contributed by atoms with Gasteiger partial charge in [0.15, 0.2) is 0 Å². The lowest BCUT2D eigenvalue weighted by Crippen LogP contribution is -2.17. The third-order valence-electron chi connectivity index (χ3n) is 4.64. The van der Waals surface area contributed by atoms with Crippen molar-refractivity contribution in [1.29, 1.82) is 0 Å². The zero-order chi connectivity index (χ0) is 22.1. The fourth-order valence-electron chi connectivity index (χ4n) is 2.93. The number of halogens is 1. The van der Waals surface area contributed by atoms with Crippen LogP contribution in [-0.4, -0.2) is 20.8 Å². The minimum absolute atomic E-state index is 0.0416. The van der Waals surface area contributed by atoms with E-state index >= 15 is 0 Å². The number of aryl methyl sites for hydroxylation is 2. The maximum atomic E-state index is 12.7. The molecule has 2 aromatic heterocycles. The van der Waals surface area contributed by atoms with Crippen LogP contribution < -0.4 is 10.3 Å². The van der Waals surface area contributed by atoms with Gasteiger partial charge in [0.25, 0.3) is 5.56 Å². The third kappa shape index (κ3) is 4.05. The van der Waals surface area contributed by atoms with Crippen LogP contribution in [0.5, 0.6) is 11.5 Å². The molecule has 2 heterocycles. The number of hydrogen-bond donors (Lipinski definition) is 0. The van der Waals surface area contributed by atoms with Gasteiger partial charge in [-0.3, -0.25) is 14.9 Å². The molecule has 0 atom stereocenters. The Kier molecular flexibility index (Phi) is 5.53. The first-order valence-electron chi connectivity index (χ1n) is 9.07. The number of rotatable bonds is 5. The van der Waals surface area contributed by atoms with E-state index in [0.717, 1.165) is 15.1 Å². The molecule has 8 nitrogen and oxygen atoms in total. The van der Waals surface area contributed by atoms with Crippen molar-refractivity contribution in [1.82, 2.24) is 9.66 Å².